The molecular formula is C33H29Cl4N3O6. The zero-order chi connectivity index (χ0) is 33.2. The van der Waals surface area contributed by atoms with Crippen molar-refractivity contribution >= 4 is 75.6 Å². The van der Waals surface area contributed by atoms with E-state index in [4.69, 9.17) is 60.6 Å². The Morgan fingerprint density at radius 1 is 0.630 bits per heavy atom. The van der Waals surface area contributed by atoms with Gasteiger partial charge in [-0.15, -0.1) is 0 Å². The second-order valence-electron chi connectivity index (χ2n) is 9.84. The molecule has 240 valence electrons. The van der Waals surface area contributed by atoms with Gasteiger partial charge >= 0.3 is 11.9 Å². The van der Waals surface area contributed by atoms with Crippen molar-refractivity contribution in [2.75, 3.05) is 31.3 Å². The number of halogens is 4. The zero-order valence-electron chi connectivity index (χ0n) is 24.7. The minimum atomic E-state index is -0.972. The van der Waals surface area contributed by atoms with Crippen LogP contribution in [0.15, 0.2) is 72.8 Å². The molecule has 0 aromatic heterocycles. The summed E-state index contributed by atoms with van der Waals surface area (Å²) in [6, 6.07) is 20.9. The molecule has 0 fully saturated rings. The summed E-state index contributed by atoms with van der Waals surface area (Å²) < 4.78 is 16.4. The molecule has 0 spiro atoms. The van der Waals surface area contributed by atoms with Gasteiger partial charge in [0.15, 0.2) is 11.5 Å². The number of carbonyl (C=O) groups excluding carboxylic acids is 3. The molecule has 0 bridgehead atoms. The van der Waals surface area contributed by atoms with Gasteiger partial charge in [0.25, 0.3) is 5.91 Å². The molecular weight excluding hydrogens is 676 g/mol. The number of nitrogens with one attached hydrogen (secondary N) is 3. The van der Waals surface area contributed by atoms with Crippen LogP contribution in [-0.2, 0) is 34.0 Å². The highest BCUT2D eigenvalue weighted by atomic mass is 35.5. The number of benzene rings is 4. The highest BCUT2D eigenvalue weighted by Gasteiger charge is 2.18. The van der Waals surface area contributed by atoms with Gasteiger partial charge in [0.05, 0.1) is 26.5 Å². The topological polar surface area (TPSA) is 115 Å². The molecule has 4 aromatic carbocycles. The molecule has 9 nitrogen and oxygen atoms in total. The maximum Gasteiger partial charge on any atom is 0.333 e. The van der Waals surface area contributed by atoms with Gasteiger partial charge < -0.3 is 30.2 Å². The Labute approximate surface area is 286 Å². The van der Waals surface area contributed by atoms with Crippen molar-refractivity contribution in [1.82, 2.24) is 5.32 Å². The van der Waals surface area contributed by atoms with Gasteiger partial charge in [-0.25, -0.2) is 4.79 Å². The molecule has 4 aromatic rings. The van der Waals surface area contributed by atoms with Crippen LogP contribution in [-0.4, -0.2) is 38.5 Å². The van der Waals surface area contributed by atoms with Gasteiger partial charge in [0.1, 0.15) is 19.8 Å². The summed E-state index contributed by atoms with van der Waals surface area (Å²) in [7, 11) is 3.63. The average molecular weight is 705 g/mol. The summed E-state index contributed by atoms with van der Waals surface area (Å²) >= 11 is 25.4. The van der Waals surface area contributed by atoms with Gasteiger partial charge in [-0.1, -0.05) is 70.7 Å². The number of hydrogen-bond acceptors (Lipinski definition) is 8. The van der Waals surface area contributed by atoms with Crippen molar-refractivity contribution in [1.29, 1.82) is 0 Å². The smallest absolute Gasteiger partial charge is 0.333 e. The van der Waals surface area contributed by atoms with E-state index >= 15 is 0 Å². The summed E-state index contributed by atoms with van der Waals surface area (Å²) in [5, 5.41) is 9.08. The summed E-state index contributed by atoms with van der Waals surface area (Å²) in [4.78, 5) is 37.3. The lowest BCUT2D eigenvalue weighted by molar-refractivity contribution is -0.158. The quantitative estimate of drug-likeness (QED) is 0.0964. The lowest BCUT2D eigenvalue weighted by Crippen LogP contribution is -2.32. The maximum atomic E-state index is 12.7. The number of ether oxygens (including phenoxy) is 3. The molecule has 13 heteroatoms. The van der Waals surface area contributed by atoms with E-state index in [2.05, 4.69) is 16.0 Å². The minimum absolute atomic E-state index is 0.0833. The fraction of sp³-hybridized carbons (Fsp3) is 0.182. The molecule has 0 aliphatic heterocycles. The second-order valence-corrected chi connectivity index (χ2v) is 11.5. The first-order valence-corrected chi connectivity index (χ1v) is 15.3. The normalized spacial score (nSPS) is 10.6. The molecule has 0 aliphatic carbocycles. The Bertz CT molecular complexity index is 1700. The monoisotopic (exact) mass is 703 g/mol. The Hall–Kier alpha value is -4.15. The molecule has 0 aliphatic rings. The van der Waals surface area contributed by atoms with Crippen LogP contribution < -0.4 is 25.4 Å². The third-order valence-corrected chi connectivity index (χ3v) is 7.61. The predicted molar refractivity (Wildman–Crippen MR) is 181 cm³/mol. The van der Waals surface area contributed by atoms with E-state index in [1.807, 2.05) is 62.6 Å². The number of carbonyl (C=O) groups is 3. The zero-order valence-corrected chi connectivity index (χ0v) is 27.7. The highest BCUT2D eigenvalue weighted by molar-refractivity contribution is 6.38. The molecule has 3 N–H and O–H groups in total. The summed E-state index contributed by atoms with van der Waals surface area (Å²) in [5.74, 6) is -2.03. The van der Waals surface area contributed by atoms with E-state index in [9.17, 15) is 14.4 Å². The van der Waals surface area contributed by atoms with Crippen LogP contribution in [0.2, 0.25) is 20.1 Å². The van der Waals surface area contributed by atoms with Crippen molar-refractivity contribution in [3.05, 3.63) is 115 Å². The third kappa shape index (κ3) is 9.67. The van der Waals surface area contributed by atoms with Crippen molar-refractivity contribution in [2.45, 2.75) is 19.6 Å². The van der Waals surface area contributed by atoms with E-state index in [-0.39, 0.29) is 56.8 Å². The number of hydrogen-bond donors (Lipinski definition) is 3. The SMILES string of the molecule is CNc1cccc(COc2c(Cl)cc(CC(=O)OC(=O)CNC(=O)c3cc(Cl)c(OCc4cccc(NC)c4)c(Cl)c3)cc2Cl)c1. The lowest BCUT2D eigenvalue weighted by Gasteiger charge is -2.13. The van der Waals surface area contributed by atoms with Crippen molar-refractivity contribution in [3.63, 3.8) is 0 Å². The Kier molecular flexibility index (Phi) is 12.4. The third-order valence-electron chi connectivity index (χ3n) is 6.49. The number of anilines is 2. The van der Waals surface area contributed by atoms with Gasteiger partial charge in [0.2, 0.25) is 0 Å². The van der Waals surface area contributed by atoms with Crippen molar-refractivity contribution in [2.24, 2.45) is 0 Å². The molecule has 0 heterocycles. The van der Waals surface area contributed by atoms with Gasteiger partial charge in [0, 0.05) is 31.0 Å². The van der Waals surface area contributed by atoms with E-state index in [0.717, 1.165) is 22.5 Å². The van der Waals surface area contributed by atoms with Crippen LogP contribution >= 0.6 is 46.4 Å². The fourth-order valence-corrected chi connectivity index (χ4v) is 5.48. The van der Waals surface area contributed by atoms with Crippen LogP contribution in [0.25, 0.3) is 0 Å². The summed E-state index contributed by atoms with van der Waals surface area (Å²) in [6.45, 7) is -0.162. The largest absolute Gasteiger partial charge is 0.486 e. The molecule has 0 saturated heterocycles. The first kappa shape index (κ1) is 34.7. The Morgan fingerprint density at radius 3 is 1.59 bits per heavy atom. The van der Waals surface area contributed by atoms with Crippen LogP contribution in [0.1, 0.15) is 27.0 Å². The molecule has 1 amide bonds. The standard InChI is InChI=1S/C33H29Cl4N3O6/c1-38-23-7-3-5-19(9-23)17-44-31-25(34)11-21(12-26(31)35)13-29(41)46-30(42)16-40-33(43)22-14-27(36)32(28(37)15-22)45-18-20-6-4-8-24(10-20)39-2/h3-12,14-15,38-39H,13,16-18H2,1-2H3,(H,40,43). The van der Waals surface area contributed by atoms with E-state index in [0.29, 0.717) is 5.56 Å². The van der Waals surface area contributed by atoms with Crippen LogP contribution in [0.5, 0.6) is 11.5 Å². The number of amides is 1. The minimum Gasteiger partial charge on any atom is -0.486 e. The first-order valence-electron chi connectivity index (χ1n) is 13.8. The second kappa shape index (κ2) is 16.4. The molecule has 46 heavy (non-hydrogen) atoms. The average Bonchev–Trinajstić information content (AvgIpc) is 3.02. The fourth-order valence-electron chi connectivity index (χ4n) is 4.25. The summed E-state index contributed by atoms with van der Waals surface area (Å²) in [6.07, 6.45) is -0.296. The van der Waals surface area contributed by atoms with Crippen molar-refractivity contribution < 1.29 is 28.6 Å². The van der Waals surface area contributed by atoms with Gasteiger partial charge in [-0.3, -0.25) is 9.59 Å². The Balaban J connectivity index is 1.26. The number of esters is 2. The van der Waals surface area contributed by atoms with E-state index < -0.39 is 24.4 Å². The van der Waals surface area contributed by atoms with Gasteiger partial charge in [-0.05, 0) is 65.2 Å². The molecule has 4 rings (SSSR count). The van der Waals surface area contributed by atoms with E-state index in [1.54, 1.807) is 0 Å². The highest BCUT2D eigenvalue weighted by Crippen LogP contribution is 2.36. The maximum absolute atomic E-state index is 12.7. The molecule has 0 unspecified atom stereocenters. The summed E-state index contributed by atoms with van der Waals surface area (Å²) in [5.41, 5.74) is 4.12. The van der Waals surface area contributed by atoms with E-state index in [1.165, 1.54) is 24.3 Å². The first-order chi connectivity index (χ1) is 22.1. The lowest BCUT2D eigenvalue weighted by atomic mass is 10.1. The van der Waals surface area contributed by atoms with Crippen LogP contribution in [0.4, 0.5) is 11.4 Å². The van der Waals surface area contributed by atoms with Crippen LogP contribution in [0.3, 0.4) is 0 Å². The Morgan fingerprint density at radius 2 is 1.11 bits per heavy atom. The predicted octanol–water partition coefficient (Wildman–Crippen LogP) is 7.58. The molecule has 0 atom stereocenters. The molecule has 0 saturated carbocycles. The molecule has 0 radical (unpaired) electrons. The van der Waals surface area contributed by atoms with Crippen molar-refractivity contribution in [3.8, 4) is 11.5 Å². The van der Waals surface area contributed by atoms with Gasteiger partial charge in [-0.2, -0.15) is 0 Å². The number of rotatable bonds is 13. The van der Waals surface area contributed by atoms with Crippen LogP contribution in [0, 0.1) is 0 Å².